The molecule has 0 fully saturated rings. The Morgan fingerprint density at radius 1 is 1.38 bits per heavy atom. The van der Waals surface area contributed by atoms with Crippen LogP contribution in [0.2, 0.25) is 0 Å². The van der Waals surface area contributed by atoms with Crippen LogP contribution in [0.25, 0.3) is 10.9 Å². The third kappa shape index (κ3) is 3.22. The number of carboxylic acid groups (broad SMARTS) is 1. The van der Waals surface area contributed by atoms with Gasteiger partial charge in [0.15, 0.2) is 0 Å². The number of rotatable bonds is 5. The van der Waals surface area contributed by atoms with Crippen LogP contribution in [0.1, 0.15) is 19.4 Å². The van der Waals surface area contributed by atoms with Gasteiger partial charge in [0.1, 0.15) is 11.6 Å². The van der Waals surface area contributed by atoms with Gasteiger partial charge in [0, 0.05) is 6.54 Å². The highest BCUT2D eigenvalue weighted by Gasteiger charge is 2.18. The Bertz CT molecular complexity index is 740. The van der Waals surface area contributed by atoms with Gasteiger partial charge in [-0.3, -0.25) is 14.4 Å². The lowest BCUT2D eigenvalue weighted by Crippen LogP contribution is -2.38. The number of nitrogens with zero attached hydrogens (tertiary/aromatic N) is 3. The van der Waals surface area contributed by atoms with Gasteiger partial charge in [-0.1, -0.05) is 17.3 Å². The van der Waals surface area contributed by atoms with Crippen LogP contribution in [0.3, 0.4) is 0 Å². The van der Waals surface area contributed by atoms with E-state index in [-0.39, 0.29) is 13.0 Å². The second-order valence-corrected chi connectivity index (χ2v) is 4.47. The molecular formula is C13H14N4O4. The lowest BCUT2D eigenvalue weighted by molar-refractivity contribution is -0.137. The monoisotopic (exact) mass is 290 g/mol. The van der Waals surface area contributed by atoms with Gasteiger partial charge in [-0.05, 0) is 19.1 Å². The topological polar surface area (TPSA) is 114 Å². The molecule has 0 spiro atoms. The summed E-state index contributed by atoms with van der Waals surface area (Å²) in [5.41, 5.74) is 0.0405. The minimum absolute atomic E-state index is 0.00569. The normalized spacial score (nSPS) is 12.0. The van der Waals surface area contributed by atoms with Crippen molar-refractivity contribution in [3.8, 4) is 0 Å². The number of carbonyl (C=O) groups excluding carboxylic acids is 1. The van der Waals surface area contributed by atoms with Crippen LogP contribution < -0.4 is 10.9 Å². The minimum Gasteiger partial charge on any atom is -0.481 e. The first-order valence-electron chi connectivity index (χ1n) is 6.34. The van der Waals surface area contributed by atoms with Gasteiger partial charge in [-0.15, -0.1) is 5.10 Å². The number of amides is 1. The maximum Gasteiger partial charge on any atom is 0.305 e. The third-order valence-corrected chi connectivity index (χ3v) is 2.98. The maximum atomic E-state index is 12.2. The summed E-state index contributed by atoms with van der Waals surface area (Å²) in [5.74, 6) is -1.49. The van der Waals surface area contributed by atoms with Crippen molar-refractivity contribution in [1.29, 1.82) is 0 Å². The van der Waals surface area contributed by atoms with Crippen LogP contribution in [0.5, 0.6) is 0 Å². The summed E-state index contributed by atoms with van der Waals surface area (Å²) in [6.45, 7) is 1.50. The molecule has 1 amide bonds. The molecule has 0 saturated carbocycles. The van der Waals surface area contributed by atoms with E-state index >= 15 is 0 Å². The summed E-state index contributed by atoms with van der Waals surface area (Å²) < 4.78 is 0.985. The molecule has 0 aliphatic heterocycles. The van der Waals surface area contributed by atoms with Gasteiger partial charge in [0.25, 0.3) is 5.56 Å². The predicted molar refractivity (Wildman–Crippen MR) is 73.8 cm³/mol. The number of hydrogen-bond acceptors (Lipinski definition) is 5. The molecule has 1 heterocycles. The summed E-state index contributed by atoms with van der Waals surface area (Å²) in [6, 6.07) is 5.84. The van der Waals surface area contributed by atoms with E-state index < -0.39 is 23.5 Å². The molecule has 1 atom stereocenters. The van der Waals surface area contributed by atoms with Crippen LogP contribution in [0.15, 0.2) is 29.1 Å². The smallest absolute Gasteiger partial charge is 0.305 e. The Morgan fingerprint density at radius 2 is 2.10 bits per heavy atom. The van der Waals surface area contributed by atoms with Gasteiger partial charge >= 0.3 is 5.97 Å². The molecule has 0 aliphatic carbocycles. The number of nitrogens with one attached hydrogen (secondary N) is 1. The number of hydrogen-bond donors (Lipinski definition) is 2. The molecule has 0 radical (unpaired) electrons. The predicted octanol–water partition coefficient (Wildman–Crippen LogP) is -0.0566. The van der Waals surface area contributed by atoms with Crippen LogP contribution in [0, 0.1) is 0 Å². The summed E-state index contributed by atoms with van der Waals surface area (Å²) in [5, 5.41) is 19.0. The molecule has 1 aromatic carbocycles. The quantitative estimate of drug-likeness (QED) is 0.797. The van der Waals surface area contributed by atoms with Gasteiger partial charge in [0.2, 0.25) is 5.91 Å². The molecule has 1 aromatic heterocycles. The van der Waals surface area contributed by atoms with Crippen molar-refractivity contribution < 1.29 is 14.7 Å². The first-order valence-corrected chi connectivity index (χ1v) is 6.34. The number of benzene rings is 1. The fourth-order valence-electron chi connectivity index (χ4n) is 1.81. The molecule has 0 bridgehead atoms. The van der Waals surface area contributed by atoms with Gasteiger partial charge in [-0.2, -0.15) is 4.68 Å². The van der Waals surface area contributed by atoms with Gasteiger partial charge in [-0.25, -0.2) is 0 Å². The van der Waals surface area contributed by atoms with E-state index in [2.05, 4.69) is 15.6 Å². The first kappa shape index (κ1) is 14.6. The lowest BCUT2D eigenvalue weighted by Gasteiger charge is -2.13. The van der Waals surface area contributed by atoms with E-state index in [9.17, 15) is 14.4 Å². The van der Waals surface area contributed by atoms with Crippen LogP contribution in [-0.4, -0.2) is 38.5 Å². The summed E-state index contributed by atoms with van der Waals surface area (Å²) in [7, 11) is 0. The van der Waals surface area contributed by atoms with Crippen LogP contribution in [0.4, 0.5) is 0 Å². The Hall–Kier alpha value is -2.77. The molecule has 0 aliphatic rings. The largest absolute Gasteiger partial charge is 0.481 e. The number of aliphatic carboxylic acids is 1. The van der Waals surface area contributed by atoms with Crippen molar-refractivity contribution in [1.82, 2.24) is 20.3 Å². The Morgan fingerprint density at radius 3 is 2.81 bits per heavy atom. The molecule has 2 rings (SSSR count). The van der Waals surface area contributed by atoms with Crippen molar-refractivity contribution >= 4 is 22.8 Å². The fraction of sp³-hybridized carbons (Fsp3) is 0.308. The van der Waals surface area contributed by atoms with E-state index in [0.717, 1.165) is 4.68 Å². The highest BCUT2D eigenvalue weighted by molar-refractivity contribution is 5.81. The van der Waals surface area contributed by atoms with E-state index in [0.29, 0.717) is 10.9 Å². The minimum atomic E-state index is -1.01. The molecule has 110 valence electrons. The Labute approximate surface area is 119 Å². The van der Waals surface area contributed by atoms with Crippen molar-refractivity contribution in [2.75, 3.05) is 6.54 Å². The standard InChI is InChI=1S/C13H14N4O4/c1-8(12(20)14-7-6-11(18)19)17-13(21)9-4-2-3-5-10(9)15-16-17/h2-5,8H,6-7H2,1H3,(H,14,20)(H,18,19)/t8-/m0/s1. The van der Waals surface area contributed by atoms with E-state index in [1.165, 1.54) is 6.92 Å². The summed E-state index contributed by atoms with van der Waals surface area (Å²) in [6.07, 6.45) is -0.184. The second-order valence-electron chi connectivity index (χ2n) is 4.47. The number of fused-ring (bicyclic) bond motifs is 1. The van der Waals surface area contributed by atoms with Gasteiger partial charge < -0.3 is 10.4 Å². The molecular weight excluding hydrogens is 276 g/mol. The molecule has 0 saturated heterocycles. The van der Waals surface area contributed by atoms with Crippen molar-refractivity contribution in [2.24, 2.45) is 0 Å². The van der Waals surface area contributed by atoms with E-state index in [1.807, 2.05) is 0 Å². The van der Waals surface area contributed by atoms with E-state index in [1.54, 1.807) is 24.3 Å². The molecule has 0 unspecified atom stereocenters. The van der Waals surface area contributed by atoms with Crippen molar-refractivity contribution in [3.63, 3.8) is 0 Å². The van der Waals surface area contributed by atoms with Gasteiger partial charge in [0.05, 0.1) is 11.8 Å². The number of aromatic nitrogens is 3. The third-order valence-electron chi connectivity index (χ3n) is 2.98. The lowest BCUT2D eigenvalue weighted by atomic mass is 10.2. The maximum absolute atomic E-state index is 12.2. The van der Waals surface area contributed by atoms with Crippen LogP contribution in [-0.2, 0) is 9.59 Å². The fourth-order valence-corrected chi connectivity index (χ4v) is 1.81. The molecule has 2 N–H and O–H groups in total. The average Bonchev–Trinajstić information content (AvgIpc) is 2.47. The summed E-state index contributed by atoms with van der Waals surface area (Å²) >= 11 is 0. The van der Waals surface area contributed by atoms with Crippen molar-refractivity contribution in [2.45, 2.75) is 19.4 Å². The number of carbonyl (C=O) groups is 2. The zero-order valence-corrected chi connectivity index (χ0v) is 11.3. The highest BCUT2D eigenvalue weighted by atomic mass is 16.4. The van der Waals surface area contributed by atoms with Crippen molar-refractivity contribution in [3.05, 3.63) is 34.6 Å². The molecule has 8 nitrogen and oxygen atoms in total. The average molecular weight is 290 g/mol. The SMILES string of the molecule is C[C@@H](C(=O)NCCC(=O)O)n1nnc2ccccc2c1=O. The molecule has 21 heavy (non-hydrogen) atoms. The zero-order valence-electron chi connectivity index (χ0n) is 11.3. The molecule has 8 heteroatoms. The number of carboxylic acids is 1. The highest BCUT2D eigenvalue weighted by Crippen LogP contribution is 2.06. The Balaban J connectivity index is 2.21. The zero-order chi connectivity index (χ0) is 15.4. The van der Waals surface area contributed by atoms with Crippen LogP contribution >= 0.6 is 0 Å². The first-order chi connectivity index (χ1) is 10.0. The van der Waals surface area contributed by atoms with E-state index in [4.69, 9.17) is 5.11 Å². The second kappa shape index (κ2) is 6.12. The Kier molecular flexibility index (Phi) is 4.27. The summed E-state index contributed by atoms with van der Waals surface area (Å²) in [4.78, 5) is 34.5. The molecule has 2 aromatic rings.